The third-order valence-corrected chi connectivity index (χ3v) is 5.67. The smallest absolute Gasteiger partial charge is 0.231 e. The number of oxime groups is 1. The second-order valence-electron chi connectivity index (χ2n) is 7.75. The maximum Gasteiger partial charge on any atom is 0.231 e. The highest BCUT2D eigenvalue weighted by Crippen LogP contribution is 2.49. The number of hydrogen-bond donors (Lipinski definition) is 1. The third kappa shape index (κ3) is 5.03. The SMILES string of the molecule is COc1ccc(CCNCC2=NO[C@@H](Cc3cc4c(c(OC)c3OC)OCO4)C2)cc1OC. The lowest BCUT2D eigenvalue weighted by Gasteiger charge is -2.16. The molecule has 1 N–H and O–H groups in total. The van der Waals surface area contributed by atoms with Crippen LogP contribution in [0.5, 0.6) is 34.5 Å². The van der Waals surface area contributed by atoms with Crippen molar-refractivity contribution in [1.82, 2.24) is 5.32 Å². The fraction of sp³-hybridized carbons (Fsp3) is 0.458. The van der Waals surface area contributed by atoms with E-state index in [1.54, 1.807) is 28.4 Å². The van der Waals surface area contributed by atoms with Gasteiger partial charge in [-0.05, 0) is 36.7 Å². The second-order valence-corrected chi connectivity index (χ2v) is 7.75. The lowest BCUT2D eigenvalue weighted by Crippen LogP contribution is -2.25. The molecule has 0 saturated carbocycles. The van der Waals surface area contributed by atoms with Gasteiger partial charge in [0.25, 0.3) is 0 Å². The van der Waals surface area contributed by atoms with E-state index in [1.807, 2.05) is 24.3 Å². The predicted octanol–water partition coefficient (Wildman–Crippen LogP) is 2.97. The first-order chi connectivity index (χ1) is 16.2. The van der Waals surface area contributed by atoms with Gasteiger partial charge in [-0.25, -0.2) is 0 Å². The Labute approximate surface area is 193 Å². The summed E-state index contributed by atoms with van der Waals surface area (Å²) in [7, 11) is 6.48. The molecular formula is C24H30N2O7. The first-order valence-corrected chi connectivity index (χ1v) is 10.8. The quantitative estimate of drug-likeness (QED) is 0.514. The molecule has 2 aliphatic rings. The van der Waals surface area contributed by atoms with E-state index in [4.69, 9.17) is 33.3 Å². The van der Waals surface area contributed by atoms with Gasteiger partial charge in [0.2, 0.25) is 18.3 Å². The number of nitrogens with one attached hydrogen (secondary N) is 1. The van der Waals surface area contributed by atoms with Gasteiger partial charge in [-0.1, -0.05) is 11.2 Å². The molecule has 0 spiro atoms. The molecular weight excluding hydrogens is 428 g/mol. The standard InChI is InChI=1S/C24H30N2O7/c1-27-19-6-5-15(9-20(19)28-2)7-8-25-13-17-12-18(33-26-17)10-16-11-21-23(32-14-31-21)24(30-4)22(16)29-3/h5-6,9,11,18,25H,7-8,10,12-14H2,1-4H3/t18-/m0/s1. The fourth-order valence-corrected chi connectivity index (χ4v) is 4.05. The summed E-state index contributed by atoms with van der Waals surface area (Å²) in [5.41, 5.74) is 3.09. The molecule has 0 fully saturated rings. The first-order valence-electron chi connectivity index (χ1n) is 10.8. The molecule has 4 rings (SSSR count). The second kappa shape index (κ2) is 10.5. The van der Waals surface area contributed by atoms with Crippen LogP contribution in [0.3, 0.4) is 0 Å². The molecule has 2 aliphatic heterocycles. The van der Waals surface area contributed by atoms with Crippen LogP contribution in [-0.4, -0.2) is 60.1 Å². The van der Waals surface area contributed by atoms with E-state index in [1.165, 1.54) is 5.56 Å². The Morgan fingerprint density at radius 2 is 1.79 bits per heavy atom. The van der Waals surface area contributed by atoms with Gasteiger partial charge >= 0.3 is 0 Å². The molecule has 33 heavy (non-hydrogen) atoms. The minimum atomic E-state index is -0.0772. The lowest BCUT2D eigenvalue weighted by molar-refractivity contribution is 0.0853. The maximum atomic E-state index is 5.68. The van der Waals surface area contributed by atoms with Crippen LogP contribution < -0.4 is 33.7 Å². The summed E-state index contributed by atoms with van der Waals surface area (Å²) in [6.45, 7) is 1.65. The Kier molecular flexibility index (Phi) is 7.29. The molecule has 2 heterocycles. The van der Waals surface area contributed by atoms with Crippen molar-refractivity contribution in [1.29, 1.82) is 0 Å². The molecule has 0 saturated heterocycles. The molecule has 0 unspecified atom stereocenters. The summed E-state index contributed by atoms with van der Waals surface area (Å²) < 4.78 is 32.8. The zero-order valence-corrected chi connectivity index (χ0v) is 19.4. The van der Waals surface area contributed by atoms with Gasteiger partial charge in [0.1, 0.15) is 6.10 Å². The first kappa shape index (κ1) is 22.8. The van der Waals surface area contributed by atoms with Crippen molar-refractivity contribution >= 4 is 5.71 Å². The van der Waals surface area contributed by atoms with Crippen molar-refractivity contribution in [2.75, 3.05) is 48.3 Å². The number of hydrogen-bond acceptors (Lipinski definition) is 9. The average molecular weight is 459 g/mol. The Balaban J connectivity index is 1.27. The van der Waals surface area contributed by atoms with Crippen LogP contribution in [0, 0.1) is 0 Å². The van der Waals surface area contributed by atoms with E-state index in [0.29, 0.717) is 36.0 Å². The van der Waals surface area contributed by atoms with E-state index in [0.717, 1.165) is 42.2 Å². The van der Waals surface area contributed by atoms with Crippen LogP contribution in [0.15, 0.2) is 29.4 Å². The minimum absolute atomic E-state index is 0.0772. The molecule has 2 aromatic rings. The summed E-state index contributed by atoms with van der Waals surface area (Å²) in [5, 5.41) is 7.71. The zero-order valence-electron chi connectivity index (χ0n) is 19.4. The molecule has 0 aromatic heterocycles. The van der Waals surface area contributed by atoms with E-state index in [2.05, 4.69) is 10.5 Å². The van der Waals surface area contributed by atoms with Crippen molar-refractivity contribution < 1.29 is 33.3 Å². The Bertz CT molecular complexity index is 1010. The summed E-state index contributed by atoms with van der Waals surface area (Å²) in [6, 6.07) is 7.89. The highest BCUT2D eigenvalue weighted by Gasteiger charge is 2.29. The topological polar surface area (TPSA) is 89.0 Å². The van der Waals surface area contributed by atoms with Crippen LogP contribution in [-0.2, 0) is 17.7 Å². The monoisotopic (exact) mass is 458 g/mol. The molecule has 2 aromatic carbocycles. The van der Waals surface area contributed by atoms with Crippen LogP contribution >= 0.6 is 0 Å². The van der Waals surface area contributed by atoms with Crippen LogP contribution in [0.1, 0.15) is 17.5 Å². The number of nitrogens with zero attached hydrogens (tertiary/aromatic N) is 1. The molecule has 9 heteroatoms. The fourth-order valence-electron chi connectivity index (χ4n) is 4.05. The van der Waals surface area contributed by atoms with Crippen LogP contribution in [0.2, 0.25) is 0 Å². The van der Waals surface area contributed by atoms with Gasteiger partial charge in [0.05, 0.1) is 34.2 Å². The molecule has 0 radical (unpaired) electrons. The lowest BCUT2D eigenvalue weighted by atomic mass is 10.0. The summed E-state index contributed by atoms with van der Waals surface area (Å²) >= 11 is 0. The van der Waals surface area contributed by atoms with Crippen LogP contribution in [0.4, 0.5) is 0 Å². The van der Waals surface area contributed by atoms with E-state index in [-0.39, 0.29) is 12.9 Å². The van der Waals surface area contributed by atoms with Crippen molar-refractivity contribution in [3.8, 4) is 34.5 Å². The highest BCUT2D eigenvalue weighted by atomic mass is 16.7. The molecule has 1 atom stereocenters. The average Bonchev–Trinajstić information content (AvgIpc) is 3.50. The normalized spacial score (nSPS) is 16.2. The number of methoxy groups -OCH3 is 4. The Morgan fingerprint density at radius 1 is 0.970 bits per heavy atom. The molecule has 178 valence electrons. The highest BCUT2D eigenvalue weighted by molar-refractivity contribution is 5.87. The van der Waals surface area contributed by atoms with Crippen LogP contribution in [0.25, 0.3) is 0 Å². The van der Waals surface area contributed by atoms with Gasteiger partial charge in [-0.3, -0.25) is 0 Å². The number of ether oxygens (including phenoxy) is 6. The van der Waals surface area contributed by atoms with E-state index in [9.17, 15) is 0 Å². The maximum absolute atomic E-state index is 5.68. The van der Waals surface area contributed by atoms with Gasteiger partial charge < -0.3 is 38.6 Å². The summed E-state index contributed by atoms with van der Waals surface area (Å²) in [5.74, 6) is 3.86. The van der Waals surface area contributed by atoms with Gasteiger partial charge in [0, 0.05) is 24.9 Å². The van der Waals surface area contributed by atoms with Gasteiger partial charge in [0.15, 0.2) is 23.0 Å². The largest absolute Gasteiger partial charge is 0.493 e. The van der Waals surface area contributed by atoms with E-state index >= 15 is 0 Å². The Morgan fingerprint density at radius 3 is 2.55 bits per heavy atom. The Hall–Kier alpha value is -3.33. The molecule has 0 amide bonds. The molecule has 0 aliphatic carbocycles. The van der Waals surface area contributed by atoms with Crippen molar-refractivity contribution in [3.63, 3.8) is 0 Å². The van der Waals surface area contributed by atoms with Crippen molar-refractivity contribution in [3.05, 3.63) is 35.4 Å². The van der Waals surface area contributed by atoms with Crippen molar-refractivity contribution in [2.24, 2.45) is 5.16 Å². The zero-order chi connectivity index (χ0) is 23.2. The third-order valence-electron chi connectivity index (χ3n) is 5.67. The predicted molar refractivity (Wildman–Crippen MR) is 122 cm³/mol. The molecule has 0 bridgehead atoms. The van der Waals surface area contributed by atoms with Crippen molar-refractivity contribution in [2.45, 2.75) is 25.4 Å². The molecule has 9 nitrogen and oxygen atoms in total. The number of benzene rings is 2. The summed E-state index contributed by atoms with van der Waals surface area (Å²) in [4.78, 5) is 5.68. The van der Waals surface area contributed by atoms with Gasteiger partial charge in [-0.15, -0.1) is 0 Å². The summed E-state index contributed by atoms with van der Waals surface area (Å²) in [6.07, 6.45) is 2.15. The number of fused-ring (bicyclic) bond motifs is 1. The minimum Gasteiger partial charge on any atom is -0.493 e. The number of rotatable bonds is 11. The van der Waals surface area contributed by atoms with Gasteiger partial charge in [-0.2, -0.15) is 0 Å². The van der Waals surface area contributed by atoms with E-state index < -0.39 is 0 Å².